The molecular weight excluding hydrogens is 234 g/mol. The first-order chi connectivity index (χ1) is 8.56. The van der Waals surface area contributed by atoms with E-state index >= 15 is 0 Å². The Bertz CT molecular complexity index is 456. The van der Waals surface area contributed by atoms with Gasteiger partial charge in [0.25, 0.3) is 0 Å². The van der Waals surface area contributed by atoms with Gasteiger partial charge in [-0.3, -0.25) is 10.1 Å². The summed E-state index contributed by atoms with van der Waals surface area (Å²) < 4.78 is 0. The molecular formula is C12H17N3O3. The maximum atomic E-state index is 11.0. The normalized spacial score (nSPS) is 17.7. The lowest BCUT2D eigenvalue weighted by molar-refractivity contribution is -0.384. The summed E-state index contributed by atoms with van der Waals surface area (Å²) in [5.74, 6) is 0.251. The Morgan fingerprint density at radius 2 is 2.22 bits per heavy atom. The van der Waals surface area contributed by atoms with Crippen LogP contribution in [0.15, 0.2) is 12.3 Å². The van der Waals surface area contributed by atoms with E-state index in [-0.39, 0.29) is 18.1 Å². The number of aliphatic hydroxyl groups excluding tert-OH is 1. The van der Waals surface area contributed by atoms with Gasteiger partial charge < -0.3 is 10.4 Å². The van der Waals surface area contributed by atoms with E-state index in [0.29, 0.717) is 0 Å². The Morgan fingerprint density at radius 1 is 1.56 bits per heavy atom. The molecule has 0 aliphatic heterocycles. The number of rotatable bonds is 4. The van der Waals surface area contributed by atoms with Crippen LogP contribution in [-0.2, 0) is 0 Å². The smallest absolute Gasteiger partial charge is 0.311 e. The molecule has 1 aliphatic carbocycles. The monoisotopic (exact) mass is 251 g/mol. The molecule has 1 saturated carbocycles. The third-order valence-corrected chi connectivity index (χ3v) is 3.45. The molecule has 0 amide bonds. The molecule has 0 bridgehead atoms. The van der Waals surface area contributed by atoms with Crippen molar-refractivity contribution in [2.45, 2.75) is 38.1 Å². The van der Waals surface area contributed by atoms with E-state index in [9.17, 15) is 15.2 Å². The fourth-order valence-electron chi connectivity index (χ4n) is 2.41. The molecule has 1 fully saturated rings. The van der Waals surface area contributed by atoms with Crippen LogP contribution in [0.1, 0.15) is 31.2 Å². The number of nitro groups is 1. The third-order valence-electron chi connectivity index (χ3n) is 3.45. The van der Waals surface area contributed by atoms with Crippen molar-refractivity contribution in [1.29, 1.82) is 0 Å². The molecule has 98 valence electrons. The van der Waals surface area contributed by atoms with Crippen molar-refractivity contribution in [1.82, 2.24) is 4.98 Å². The molecule has 1 heterocycles. The van der Waals surface area contributed by atoms with Gasteiger partial charge in [-0.2, -0.15) is 0 Å². The van der Waals surface area contributed by atoms with Crippen molar-refractivity contribution in [3.8, 4) is 0 Å². The van der Waals surface area contributed by atoms with Crippen molar-refractivity contribution >= 4 is 11.5 Å². The number of hydrogen-bond acceptors (Lipinski definition) is 5. The van der Waals surface area contributed by atoms with Gasteiger partial charge in [0.1, 0.15) is 0 Å². The average Bonchev–Trinajstić information content (AvgIpc) is 2.80. The first kappa shape index (κ1) is 12.8. The van der Waals surface area contributed by atoms with Gasteiger partial charge in [0, 0.05) is 12.3 Å². The van der Waals surface area contributed by atoms with Crippen LogP contribution in [0, 0.1) is 17.0 Å². The quantitative estimate of drug-likeness (QED) is 0.631. The molecule has 0 spiro atoms. The fraction of sp³-hybridized carbons (Fsp3) is 0.583. The fourth-order valence-corrected chi connectivity index (χ4v) is 2.41. The van der Waals surface area contributed by atoms with Crippen LogP contribution in [0.4, 0.5) is 11.5 Å². The number of nitrogens with zero attached hydrogens (tertiary/aromatic N) is 2. The predicted octanol–water partition coefficient (Wildman–Crippen LogP) is 2.02. The predicted molar refractivity (Wildman–Crippen MR) is 67.5 cm³/mol. The summed E-state index contributed by atoms with van der Waals surface area (Å²) in [4.78, 5) is 14.7. The van der Waals surface area contributed by atoms with Gasteiger partial charge in [-0.15, -0.1) is 0 Å². The van der Waals surface area contributed by atoms with Gasteiger partial charge in [-0.1, -0.05) is 12.8 Å². The molecule has 6 nitrogen and oxygen atoms in total. The molecule has 6 heteroatoms. The highest BCUT2D eigenvalue weighted by Crippen LogP contribution is 2.34. The minimum Gasteiger partial charge on any atom is -0.394 e. The van der Waals surface area contributed by atoms with E-state index in [4.69, 9.17) is 0 Å². The van der Waals surface area contributed by atoms with Crippen LogP contribution < -0.4 is 5.32 Å². The van der Waals surface area contributed by atoms with Crippen LogP contribution >= 0.6 is 0 Å². The van der Waals surface area contributed by atoms with E-state index < -0.39 is 10.5 Å². The summed E-state index contributed by atoms with van der Waals surface area (Å²) in [6.07, 6.45) is 5.27. The lowest BCUT2D eigenvalue weighted by atomic mass is 9.99. The van der Waals surface area contributed by atoms with Crippen LogP contribution in [0.2, 0.25) is 0 Å². The van der Waals surface area contributed by atoms with Crippen molar-refractivity contribution in [3.05, 3.63) is 27.9 Å². The molecule has 2 N–H and O–H groups in total. The maximum absolute atomic E-state index is 11.0. The molecule has 0 radical (unpaired) electrons. The molecule has 1 aromatic rings. The molecule has 0 aromatic carbocycles. The zero-order valence-corrected chi connectivity index (χ0v) is 10.3. The number of anilines is 1. The molecule has 0 atom stereocenters. The summed E-state index contributed by atoms with van der Waals surface area (Å²) in [5.41, 5.74) is 0.263. The Kier molecular flexibility index (Phi) is 3.47. The van der Waals surface area contributed by atoms with Crippen molar-refractivity contribution in [2.24, 2.45) is 0 Å². The zero-order chi connectivity index (χ0) is 13.2. The van der Waals surface area contributed by atoms with Crippen LogP contribution in [0.5, 0.6) is 0 Å². The summed E-state index contributed by atoms with van der Waals surface area (Å²) in [5, 5.41) is 23.6. The van der Waals surface area contributed by atoms with Gasteiger partial charge in [0.2, 0.25) is 5.82 Å². The largest absolute Gasteiger partial charge is 0.394 e. The Morgan fingerprint density at radius 3 is 2.78 bits per heavy atom. The SMILES string of the molecule is Cc1cnc(NC2(CO)CCCC2)c([N+](=O)[O-])c1. The molecule has 0 unspecified atom stereocenters. The summed E-state index contributed by atoms with van der Waals surface area (Å²) in [7, 11) is 0. The summed E-state index contributed by atoms with van der Waals surface area (Å²) in [6.45, 7) is 1.74. The minimum absolute atomic E-state index is 0.0281. The van der Waals surface area contributed by atoms with Gasteiger partial charge in [-0.05, 0) is 25.3 Å². The Labute approximate surface area is 105 Å². The van der Waals surface area contributed by atoms with Gasteiger partial charge in [-0.25, -0.2) is 4.98 Å². The topological polar surface area (TPSA) is 88.3 Å². The number of aryl methyl sites for hydroxylation is 1. The van der Waals surface area contributed by atoms with E-state index in [0.717, 1.165) is 31.2 Å². The van der Waals surface area contributed by atoms with Crippen molar-refractivity contribution in [3.63, 3.8) is 0 Å². The second-order valence-corrected chi connectivity index (χ2v) is 4.91. The average molecular weight is 251 g/mol. The molecule has 0 saturated heterocycles. The van der Waals surface area contributed by atoms with Gasteiger partial charge in [0.05, 0.1) is 17.1 Å². The minimum atomic E-state index is -0.451. The molecule has 1 aromatic heterocycles. The maximum Gasteiger partial charge on any atom is 0.311 e. The highest BCUT2D eigenvalue weighted by molar-refractivity contribution is 5.58. The molecule has 1 aliphatic rings. The van der Waals surface area contributed by atoms with E-state index in [1.54, 1.807) is 13.1 Å². The lowest BCUT2D eigenvalue weighted by Gasteiger charge is -2.28. The van der Waals surface area contributed by atoms with Crippen LogP contribution in [0.25, 0.3) is 0 Å². The lowest BCUT2D eigenvalue weighted by Crippen LogP contribution is -2.39. The Hall–Kier alpha value is -1.69. The summed E-state index contributed by atoms with van der Waals surface area (Å²) >= 11 is 0. The van der Waals surface area contributed by atoms with Crippen LogP contribution in [-0.4, -0.2) is 27.2 Å². The number of aliphatic hydroxyl groups is 1. The third kappa shape index (κ3) is 2.43. The molecule has 2 rings (SSSR count). The summed E-state index contributed by atoms with van der Waals surface area (Å²) in [6, 6.07) is 1.50. The first-order valence-electron chi connectivity index (χ1n) is 6.06. The second kappa shape index (κ2) is 4.89. The van der Waals surface area contributed by atoms with Crippen molar-refractivity contribution < 1.29 is 10.0 Å². The highest BCUT2D eigenvalue weighted by Gasteiger charge is 2.35. The van der Waals surface area contributed by atoms with Crippen molar-refractivity contribution in [2.75, 3.05) is 11.9 Å². The highest BCUT2D eigenvalue weighted by atomic mass is 16.6. The second-order valence-electron chi connectivity index (χ2n) is 4.91. The standard InChI is InChI=1S/C12H17N3O3/c1-9-6-10(15(17)18)11(13-7-9)14-12(8-16)4-2-3-5-12/h6-7,16H,2-5,8H2,1H3,(H,13,14). The van der Waals surface area contributed by atoms with Gasteiger partial charge >= 0.3 is 5.69 Å². The zero-order valence-electron chi connectivity index (χ0n) is 10.3. The molecule has 18 heavy (non-hydrogen) atoms. The number of pyridine rings is 1. The number of aromatic nitrogens is 1. The van der Waals surface area contributed by atoms with E-state index in [2.05, 4.69) is 10.3 Å². The number of nitrogens with one attached hydrogen (secondary N) is 1. The van der Waals surface area contributed by atoms with E-state index in [1.807, 2.05) is 0 Å². The Balaban J connectivity index is 2.30. The van der Waals surface area contributed by atoms with Gasteiger partial charge in [0.15, 0.2) is 0 Å². The number of hydrogen-bond donors (Lipinski definition) is 2. The van der Waals surface area contributed by atoms with E-state index in [1.165, 1.54) is 6.07 Å². The first-order valence-corrected chi connectivity index (χ1v) is 6.06. The van der Waals surface area contributed by atoms with Crippen LogP contribution in [0.3, 0.4) is 0 Å².